The second kappa shape index (κ2) is 6.54. The number of benzene rings is 1. The normalized spacial score (nSPS) is 22.0. The molecule has 2 atom stereocenters. The van der Waals surface area contributed by atoms with E-state index in [4.69, 9.17) is 23.2 Å². The molecule has 2 N–H and O–H groups in total. The van der Waals surface area contributed by atoms with Gasteiger partial charge in [0, 0.05) is 22.3 Å². The number of carbonyl (C=O) groups excluding carboxylic acids is 1. The highest BCUT2D eigenvalue weighted by molar-refractivity contribution is 6.35. The van der Waals surface area contributed by atoms with Crippen LogP contribution in [0.1, 0.15) is 19.8 Å². The number of likely N-dealkylation sites (tertiary alicyclic amines) is 1. The number of rotatable bonds is 2. The van der Waals surface area contributed by atoms with Crippen LogP contribution in [-0.2, 0) is 4.79 Å². The summed E-state index contributed by atoms with van der Waals surface area (Å²) in [5, 5.41) is 12.7. The van der Waals surface area contributed by atoms with Gasteiger partial charge in [0.25, 0.3) is 0 Å². The molecule has 1 aromatic carbocycles. The predicted octanol–water partition coefficient (Wildman–Crippen LogP) is 3.71. The van der Waals surface area contributed by atoms with Gasteiger partial charge >= 0.3 is 12.0 Å². The van der Waals surface area contributed by atoms with Crippen molar-refractivity contribution in [3.8, 4) is 0 Å². The maximum Gasteiger partial charge on any atom is 0.326 e. The van der Waals surface area contributed by atoms with Gasteiger partial charge in [0.2, 0.25) is 0 Å². The van der Waals surface area contributed by atoms with Crippen molar-refractivity contribution < 1.29 is 14.7 Å². The number of urea groups is 1. The van der Waals surface area contributed by atoms with Gasteiger partial charge in [-0.05, 0) is 37.0 Å². The highest BCUT2D eigenvalue weighted by Crippen LogP contribution is 2.26. The van der Waals surface area contributed by atoms with E-state index in [1.807, 2.05) is 6.92 Å². The van der Waals surface area contributed by atoms with E-state index in [0.29, 0.717) is 28.7 Å². The minimum absolute atomic E-state index is 0.288. The zero-order valence-electron chi connectivity index (χ0n) is 11.5. The minimum Gasteiger partial charge on any atom is -0.480 e. The summed E-state index contributed by atoms with van der Waals surface area (Å²) in [6.07, 6.45) is 1.24. The van der Waals surface area contributed by atoms with Gasteiger partial charge in [0.1, 0.15) is 6.04 Å². The first-order valence-corrected chi connectivity index (χ1v) is 7.39. The summed E-state index contributed by atoms with van der Waals surface area (Å²) in [5.41, 5.74) is 0.445. The second-order valence-electron chi connectivity index (χ2n) is 5.27. The zero-order valence-corrected chi connectivity index (χ0v) is 13.0. The number of amides is 2. The molecule has 0 radical (unpaired) electrons. The smallest absolute Gasteiger partial charge is 0.326 e. The van der Waals surface area contributed by atoms with E-state index in [1.165, 1.54) is 4.90 Å². The molecule has 1 aliphatic heterocycles. The summed E-state index contributed by atoms with van der Waals surface area (Å²) in [4.78, 5) is 24.9. The Hall–Kier alpha value is -1.46. The molecule has 7 heteroatoms. The van der Waals surface area contributed by atoms with E-state index in [1.54, 1.807) is 18.2 Å². The molecule has 5 nitrogen and oxygen atoms in total. The molecule has 0 bridgehead atoms. The van der Waals surface area contributed by atoms with Crippen LogP contribution in [0.15, 0.2) is 18.2 Å². The number of aliphatic carboxylic acids is 1. The first-order valence-electron chi connectivity index (χ1n) is 6.63. The largest absolute Gasteiger partial charge is 0.480 e. The first kappa shape index (κ1) is 15.9. The third-order valence-electron chi connectivity index (χ3n) is 3.52. The Balaban J connectivity index is 2.12. The Kier molecular flexibility index (Phi) is 4.96. The number of hydrogen-bond donors (Lipinski definition) is 2. The fourth-order valence-electron chi connectivity index (χ4n) is 2.44. The highest BCUT2D eigenvalue weighted by Gasteiger charge is 2.34. The number of carboxylic acids is 1. The Morgan fingerprint density at radius 3 is 2.48 bits per heavy atom. The van der Waals surface area contributed by atoms with Crippen LogP contribution in [0.5, 0.6) is 0 Å². The van der Waals surface area contributed by atoms with Crippen molar-refractivity contribution in [2.24, 2.45) is 5.92 Å². The minimum atomic E-state index is -0.985. The number of nitrogens with zero attached hydrogens (tertiary/aromatic N) is 1. The van der Waals surface area contributed by atoms with Crippen LogP contribution in [0.25, 0.3) is 0 Å². The molecular formula is C14H16Cl2N2O3. The Bertz CT molecular complexity index is 545. The van der Waals surface area contributed by atoms with E-state index < -0.39 is 18.0 Å². The maximum absolute atomic E-state index is 12.3. The molecule has 0 aliphatic carbocycles. The van der Waals surface area contributed by atoms with E-state index >= 15 is 0 Å². The summed E-state index contributed by atoms with van der Waals surface area (Å²) in [6, 6.07) is 3.43. The van der Waals surface area contributed by atoms with Gasteiger partial charge < -0.3 is 15.3 Å². The second-order valence-corrected chi connectivity index (χ2v) is 6.14. The molecule has 0 aromatic heterocycles. The van der Waals surface area contributed by atoms with Crippen LogP contribution in [0.2, 0.25) is 10.0 Å². The molecule has 1 aromatic rings. The Labute approximate surface area is 132 Å². The third-order valence-corrected chi connectivity index (χ3v) is 3.96. The Morgan fingerprint density at radius 1 is 1.29 bits per heavy atom. The van der Waals surface area contributed by atoms with Crippen LogP contribution >= 0.6 is 23.2 Å². The lowest BCUT2D eigenvalue weighted by atomic mass is 9.93. The Morgan fingerprint density at radius 2 is 1.90 bits per heavy atom. The van der Waals surface area contributed by atoms with Crippen molar-refractivity contribution in [1.82, 2.24) is 4.90 Å². The predicted molar refractivity (Wildman–Crippen MR) is 82.0 cm³/mol. The lowest BCUT2D eigenvalue weighted by Crippen LogP contribution is -2.51. The van der Waals surface area contributed by atoms with Gasteiger partial charge in [0.15, 0.2) is 0 Å². The van der Waals surface area contributed by atoms with Crippen molar-refractivity contribution in [2.45, 2.75) is 25.8 Å². The first-order chi connectivity index (χ1) is 9.86. The van der Waals surface area contributed by atoms with Crippen LogP contribution in [0.4, 0.5) is 10.5 Å². The van der Waals surface area contributed by atoms with Gasteiger partial charge in [-0.2, -0.15) is 0 Å². The molecule has 2 unspecified atom stereocenters. The van der Waals surface area contributed by atoms with Crippen LogP contribution in [-0.4, -0.2) is 34.6 Å². The van der Waals surface area contributed by atoms with Crippen molar-refractivity contribution in [1.29, 1.82) is 0 Å². The van der Waals surface area contributed by atoms with E-state index in [0.717, 1.165) is 6.42 Å². The molecule has 2 rings (SSSR count). The van der Waals surface area contributed by atoms with E-state index in [2.05, 4.69) is 5.32 Å². The molecule has 2 amide bonds. The topological polar surface area (TPSA) is 69.6 Å². The molecular weight excluding hydrogens is 315 g/mol. The summed E-state index contributed by atoms with van der Waals surface area (Å²) in [7, 11) is 0. The molecule has 1 saturated heterocycles. The van der Waals surface area contributed by atoms with Crippen LogP contribution in [0.3, 0.4) is 0 Å². The van der Waals surface area contributed by atoms with Gasteiger partial charge in [-0.1, -0.05) is 30.1 Å². The number of hydrogen-bond acceptors (Lipinski definition) is 2. The average molecular weight is 331 g/mol. The van der Waals surface area contributed by atoms with Gasteiger partial charge in [-0.15, -0.1) is 0 Å². The molecule has 21 heavy (non-hydrogen) atoms. The number of carbonyl (C=O) groups is 2. The van der Waals surface area contributed by atoms with Crippen molar-refractivity contribution >= 4 is 40.9 Å². The quantitative estimate of drug-likeness (QED) is 0.868. The highest BCUT2D eigenvalue weighted by atomic mass is 35.5. The summed E-state index contributed by atoms with van der Waals surface area (Å²) >= 11 is 11.7. The molecule has 1 fully saturated rings. The van der Waals surface area contributed by atoms with Crippen LogP contribution in [0, 0.1) is 5.92 Å². The molecule has 1 aliphatic rings. The van der Waals surface area contributed by atoms with Crippen molar-refractivity contribution in [2.75, 3.05) is 11.9 Å². The van der Waals surface area contributed by atoms with Crippen molar-refractivity contribution in [3.63, 3.8) is 0 Å². The molecule has 0 saturated carbocycles. The van der Waals surface area contributed by atoms with Gasteiger partial charge in [-0.25, -0.2) is 9.59 Å². The number of halogens is 2. The zero-order chi connectivity index (χ0) is 15.6. The molecule has 0 spiro atoms. The standard InChI is InChI=1S/C14H16Cl2N2O3/c1-8-2-3-18(12(4-8)13(19)20)14(21)17-11-6-9(15)5-10(16)7-11/h5-8,12H,2-4H2,1H3,(H,17,21)(H,19,20). The van der Waals surface area contributed by atoms with Gasteiger partial charge in [-0.3, -0.25) is 0 Å². The van der Waals surface area contributed by atoms with Crippen LogP contribution < -0.4 is 5.32 Å². The summed E-state index contributed by atoms with van der Waals surface area (Å²) < 4.78 is 0. The fraction of sp³-hybridized carbons (Fsp3) is 0.429. The lowest BCUT2D eigenvalue weighted by molar-refractivity contribution is -0.143. The van der Waals surface area contributed by atoms with E-state index in [-0.39, 0.29) is 5.92 Å². The number of carboxylic acid groups (broad SMARTS) is 1. The number of anilines is 1. The van der Waals surface area contributed by atoms with Crippen molar-refractivity contribution in [3.05, 3.63) is 28.2 Å². The maximum atomic E-state index is 12.3. The number of piperidine rings is 1. The fourth-order valence-corrected chi connectivity index (χ4v) is 2.97. The monoisotopic (exact) mass is 330 g/mol. The third kappa shape index (κ3) is 4.02. The van der Waals surface area contributed by atoms with E-state index in [9.17, 15) is 14.7 Å². The number of nitrogens with one attached hydrogen (secondary N) is 1. The summed E-state index contributed by atoms with van der Waals surface area (Å²) in [6.45, 7) is 2.40. The molecule has 1 heterocycles. The SMILES string of the molecule is CC1CCN(C(=O)Nc2cc(Cl)cc(Cl)c2)C(C(=O)O)C1. The average Bonchev–Trinajstić information content (AvgIpc) is 2.36. The van der Waals surface area contributed by atoms with Gasteiger partial charge in [0.05, 0.1) is 0 Å². The lowest BCUT2D eigenvalue weighted by Gasteiger charge is -2.35. The summed E-state index contributed by atoms with van der Waals surface area (Å²) in [5.74, 6) is -0.698. The molecule has 114 valence electrons.